The number of aromatic nitrogens is 1. The Kier molecular flexibility index (Phi) is 2.95. The van der Waals surface area contributed by atoms with E-state index in [2.05, 4.69) is 9.72 Å². The van der Waals surface area contributed by atoms with E-state index in [1.807, 2.05) is 0 Å². The lowest BCUT2D eigenvalue weighted by Crippen LogP contribution is -2.04. The van der Waals surface area contributed by atoms with Crippen LogP contribution in [0.15, 0.2) is 6.07 Å². The Bertz CT molecular complexity index is 355. The molecule has 76 valence electrons. The predicted molar refractivity (Wildman–Crippen MR) is 45.5 cm³/mol. The van der Waals surface area contributed by atoms with E-state index >= 15 is 0 Å². The van der Waals surface area contributed by atoms with Crippen molar-refractivity contribution in [3.63, 3.8) is 0 Å². The van der Waals surface area contributed by atoms with Crippen LogP contribution in [0, 0.1) is 0 Å². The minimum absolute atomic E-state index is 0.0361. The predicted octanol–water partition coefficient (Wildman–Crippen LogP) is 1.42. The van der Waals surface area contributed by atoms with Crippen molar-refractivity contribution in [2.75, 3.05) is 12.8 Å². The number of carbonyl (C=O) groups excluding carboxylic acids is 1. The van der Waals surface area contributed by atoms with Gasteiger partial charge in [0.15, 0.2) is 6.29 Å². The summed E-state index contributed by atoms with van der Waals surface area (Å²) in [6.07, 6.45) is -2.60. The maximum atomic E-state index is 12.4. The van der Waals surface area contributed by atoms with Crippen LogP contribution in [0.2, 0.25) is 0 Å². The molecular weight excluding hydrogens is 194 g/mol. The first-order valence-electron chi connectivity index (χ1n) is 3.68. The van der Waals surface area contributed by atoms with Crippen LogP contribution < -0.4 is 10.5 Å². The zero-order valence-electron chi connectivity index (χ0n) is 7.33. The first-order chi connectivity index (χ1) is 6.60. The van der Waals surface area contributed by atoms with E-state index in [1.54, 1.807) is 0 Å². The second-order valence-corrected chi connectivity index (χ2v) is 2.47. The van der Waals surface area contributed by atoms with E-state index < -0.39 is 17.7 Å². The Hall–Kier alpha value is -1.72. The minimum atomic E-state index is -2.83. The first kappa shape index (κ1) is 10.4. The smallest absolute Gasteiger partial charge is 0.268 e. The Labute approximate surface area is 78.7 Å². The Balaban J connectivity index is 3.34. The molecule has 0 amide bonds. The molecule has 1 heterocycles. The number of aldehydes is 1. The lowest BCUT2D eigenvalue weighted by atomic mass is 10.1. The van der Waals surface area contributed by atoms with Crippen molar-refractivity contribution in [2.45, 2.75) is 6.43 Å². The van der Waals surface area contributed by atoms with Crippen LogP contribution in [0.3, 0.4) is 0 Å². The molecule has 4 nitrogen and oxygen atoms in total. The highest BCUT2D eigenvalue weighted by molar-refractivity contribution is 5.78. The summed E-state index contributed by atoms with van der Waals surface area (Å²) in [6.45, 7) is 0. The van der Waals surface area contributed by atoms with Crippen molar-refractivity contribution in [1.29, 1.82) is 0 Å². The molecule has 0 unspecified atom stereocenters. The maximum absolute atomic E-state index is 12.4. The normalized spacial score (nSPS) is 10.3. The summed E-state index contributed by atoms with van der Waals surface area (Å²) in [7, 11) is 1.30. The van der Waals surface area contributed by atoms with Crippen LogP contribution in [-0.2, 0) is 0 Å². The number of carbonyl (C=O) groups is 1. The highest BCUT2D eigenvalue weighted by atomic mass is 19.3. The van der Waals surface area contributed by atoms with E-state index in [0.717, 1.165) is 6.07 Å². The number of nitrogen functional groups attached to an aromatic ring is 1. The van der Waals surface area contributed by atoms with E-state index in [9.17, 15) is 13.6 Å². The summed E-state index contributed by atoms with van der Waals surface area (Å²) in [6, 6.07) is 1.15. The Morgan fingerprint density at radius 1 is 1.64 bits per heavy atom. The summed E-state index contributed by atoms with van der Waals surface area (Å²) in [5.41, 5.74) is 4.17. The number of nitrogens with zero attached hydrogens (tertiary/aromatic N) is 1. The first-order valence-corrected chi connectivity index (χ1v) is 3.68. The molecule has 2 N–H and O–H groups in total. The quantitative estimate of drug-likeness (QED) is 0.753. The van der Waals surface area contributed by atoms with Gasteiger partial charge >= 0.3 is 0 Å². The molecule has 0 fully saturated rings. The molecule has 14 heavy (non-hydrogen) atoms. The summed E-state index contributed by atoms with van der Waals surface area (Å²) >= 11 is 0. The molecule has 1 aromatic heterocycles. The van der Waals surface area contributed by atoms with Gasteiger partial charge in [-0.1, -0.05) is 0 Å². The van der Waals surface area contributed by atoms with Crippen LogP contribution in [0.5, 0.6) is 5.88 Å². The van der Waals surface area contributed by atoms with Crippen molar-refractivity contribution in [3.05, 3.63) is 17.3 Å². The van der Waals surface area contributed by atoms with Crippen molar-refractivity contribution in [1.82, 2.24) is 4.98 Å². The van der Waals surface area contributed by atoms with Gasteiger partial charge in [0.25, 0.3) is 6.43 Å². The third-order valence-corrected chi connectivity index (χ3v) is 1.64. The number of halogens is 2. The summed E-state index contributed by atoms with van der Waals surface area (Å²) in [5.74, 6) is 0.0361. The number of anilines is 1. The standard InChI is InChI=1S/C8H8F2N2O2/c1-14-6-2-4(11)7(8(9)10)5(3-13)12-6/h2-3,8H,1H3,(H2,11,12). The lowest BCUT2D eigenvalue weighted by Gasteiger charge is -2.08. The van der Waals surface area contributed by atoms with Gasteiger partial charge in [0.2, 0.25) is 5.88 Å². The number of pyridine rings is 1. The molecule has 0 bridgehead atoms. The number of nitrogens with two attached hydrogens (primary N) is 1. The van der Waals surface area contributed by atoms with Crippen LogP contribution in [0.25, 0.3) is 0 Å². The van der Waals surface area contributed by atoms with Gasteiger partial charge in [-0.25, -0.2) is 13.8 Å². The highest BCUT2D eigenvalue weighted by Gasteiger charge is 2.19. The van der Waals surface area contributed by atoms with Crippen molar-refractivity contribution in [2.24, 2.45) is 0 Å². The average molecular weight is 202 g/mol. The zero-order chi connectivity index (χ0) is 10.7. The summed E-state index contributed by atoms with van der Waals surface area (Å²) < 4.78 is 29.5. The van der Waals surface area contributed by atoms with Crippen LogP contribution in [0.1, 0.15) is 22.5 Å². The number of alkyl halides is 2. The van der Waals surface area contributed by atoms with Gasteiger partial charge in [-0.2, -0.15) is 0 Å². The molecule has 0 atom stereocenters. The van der Waals surface area contributed by atoms with E-state index in [-0.39, 0.29) is 17.9 Å². The third-order valence-electron chi connectivity index (χ3n) is 1.64. The van der Waals surface area contributed by atoms with Gasteiger partial charge in [0.1, 0.15) is 5.69 Å². The van der Waals surface area contributed by atoms with E-state index in [0.29, 0.717) is 0 Å². The highest BCUT2D eigenvalue weighted by Crippen LogP contribution is 2.29. The fourth-order valence-corrected chi connectivity index (χ4v) is 1.00. The molecule has 1 aromatic rings. The number of hydrogen-bond acceptors (Lipinski definition) is 4. The fourth-order valence-electron chi connectivity index (χ4n) is 1.00. The molecule has 6 heteroatoms. The number of rotatable bonds is 3. The number of hydrogen-bond donors (Lipinski definition) is 1. The lowest BCUT2D eigenvalue weighted by molar-refractivity contribution is 0.110. The summed E-state index contributed by atoms with van der Waals surface area (Å²) in [5, 5.41) is 0. The monoisotopic (exact) mass is 202 g/mol. The Morgan fingerprint density at radius 2 is 2.29 bits per heavy atom. The third kappa shape index (κ3) is 1.78. The molecule has 0 radical (unpaired) electrons. The SMILES string of the molecule is COc1cc(N)c(C(F)F)c(C=O)n1. The largest absolute Gasteiger partial charge is 0.481 e. The van der Waals surface area contributed by atoms with E-state index in [4.69, 9.17) is 5.73 Å². The summed E-state index contributed by atoms with van der Waals surface area (Å²) in [4.78, 5) is 14.0. The average Bonchev–Trinajstić information content (AvgIpc) is 2.15. The topological polar surface area (TPSA) is 65.2 Å². The molecule has 0 saturated heterocycles. The molecule has 0 saturated carbocycles. The van der Waals surface area contributed by atoms with Gasteiger partial charge in [-0.05, 0) is 0 Å². The second-order valence-electron chi connectivity index (χ2n) is 2.47. The molecular formula is C8H8F2N2O2. The molecule has 0 aliphatic heterocycles. The van der Waals surface area contributed by atoms with Gasteiger partial charge in [-0.15, -0.1) is 0 Å². The number of methoxy groups -OCH3 is 1. The Morgan fingerprint density at radius 3 is 2.71 bits per heavy atom. The number of ether oxygens (including phenoxy) is 1. The molecule has 0 aliphatic rings. The second kappa shape index (κ2) is 3.99. The molecule has 0 aromatic carbocycles. The van der Waals surface area contributed by atoms with Gasteiger partial charge in [0, 0.05) is 11.8 Å². The fraction of sp³-hybridized carbons (Fsp3) is 0.250. The zero-order valence-corrected chi connectivity index (χ0v) is 7.33. The van der Waals surface area contributed by atoms with Gasteiger partial charge in [-0.3, -0.25) is 4.79 Å². The van der Waals surface area contributed by atoms with Crippen LogP contribution in [0.4, 0.5) is 14.5 Å². The van der Waals surface area contributed by atoms with Gasteiger partial charge in [0.05, 0.1) is 12.7 Å². The molecule has 0 aliphatic carbocycles. The van der Waals surface area contributed by atoms with Crippen LogP contribution in [-0.4, -0.2) is 18.4 Å². The van der Waals surface area contributed by atoms with Crippen LogP contribution >= 0.6 is 0 Å². The van der Waals surface area contributed by atoms with Crippen molar-refractivity contribution in [3.8, 4) is 5.88 Å². The van der Waals surface area contributed by atoms with Gasteiger partial charge < -0.3 is 10.5 Å². The maximum Gasteiger partial charge on any atom is 0.268 e. The molecule has 0 spiro atoms. The van der Waals surface area contributed by atoms with Crippen molar-refractivity contribution < 1.29 is 18.3 Å². The van der Waals surface area contributed by atoms with E-state index in [1.165, 1.54) is 7.11 Å². The molecule has 1 rings (SSSR count). The minimum Gasteiger partial charge on any atom is -0.481 e. The van der Waals surface area contributed by atoms with Crippen molar-refractivity contribution >= 4 is 12.0 Å².